The van der Waals surface area contributed by atoms with Crippen molar-refractivity contribution >= 4 is 17.5 Å². The Morgan fingerprint density at radius 1 is 1.14 bits per heavy atom. The predicted octanol–water partition coefficient (Wildman–Crippen LogP) is 2.64. The van der Waals surface area contributed by atoms with Gasteiger partial charge in [0.25, 0.3) is 5.91 Å². The molecule has 2 N–H and O–H groups in total. The zero-order valence-corrected chi connectivity index (χ0v) is 12.9. The third-order valence-electron chi connectivity index (χ3n) is 4.01. The molecule has 0 fully saturated rings. The molecule has 4 heteroatoms. The molecule has 1 heterocycles. The van der Waals surface area contributed by atoms with Crippen molar-refractivity contribution in [2.75, 3.05) is 5.32 Å². The second-order valence-corrected chi connectivity index (χ2v) is 5.76. The van der Waals surface area contributed by atoms with Gasteiger partial charge in [-0.15, -0.1) is 0 Å². The minimum atomic E-state index is -1.17. The normalized spacial score (nSPS) is 19.5. The number of carbonyl (C=O) groups excluding carboxylic acids is 2. The van der Waals surface area contributed by atoms with Gasteiger partial charge >= 0.3 is 0 Å². The lowest BCUT2D eigenvalue weighted by Gasteiger charge is -2.30. The van der Waals surface area contributed by atoms with E-state index in [1.54, 1.807) is 0 Å². The maximum Gasteiger partial charge on any atom is 0.259 e. The minimum Gasteiger partial charge on any atom is -0.335 e. The van der Waals surface area contributed by atoms with Crippen LogP contribution in [-0.4, -0.2) is 11.8 Å². The van der Waals surface area contributed by atoms with Crippen LogP contribution in [0.1, 0.15) is 29.2 Å². The molecule has 1 atom stereocenters. The van der Waals surface area contributed by atoms with Crippen LogP contribution >= 0.6 is 0 Å². The van der Waals surface area contributed by atoms with E-state index in [0.29, 0.717) is 0 Å². The van der Waals surface area contributed by atoms with Gasteiger partial charge in [0, 0.05) is 18.2 Å². The van der Waals surface area contributed by atoms with Crippen LogP contribution in [0.2, 0.25) is 0 Å². The fraction of sp³-hybridized carbons (Fsp3) is 0.222. The first-order valence-electron chi connectivity index (χ1n) is 7.22. The summed E-state index contributed by atoms with van der Waals surface area (Å²) in [6.45, 7) is 5.38. The van der Waals surface area contributed by atoms with E-state index in [0.717, 1.165) is 27.9 Å². The molecule has 0 spiro atoms. The molecule has 0 aliphatic carbocycles. The lowest BCUT2D eigenvalue weighted by molar-refractivity contribution is -0.127. The van der Waals surface area contributed by atoms with Gasteiger partial charge in [-0.2, -0.15) is 0 Å². The number of fused-ring (bicyclic) bond motifs is 1. The van der Waals surface area contributed by atoms with Crippen molar-refractivity contribution < 1.29 is 9.59 Å². The Kier molecular flexibility index (Phi) is 3.24. The standard InChI is InChI=1S/C18H18N2O2/c1-11-9-12(2)16-15(10-11)19-17(22)18(16,20-13(3)21)14-7-5-4-6-8-14/h4-10H,1-3H3,(H,19,22)(H,20,21). The Morgan fingerprint density at radius 2 is 1.82 bits per heavy atom. The summed E-state index contributed by atoms with van der Waals surface area (Å²) in [5, 5.41) is 5.81. The maximum absolute atomic E-state index is 12.8. The van der Waals surface area contributed by atoms with Crippen LogP contribution in [0.5, 0.6) is 0 Å². The van der Waals surface area contributed by atoms with Crippen molar-refractivity contribution in [3.8, 4) is 0 Å². The molecule has 0 radical (unpaired) electrons. The molecule has 2 amide bonds. The summed E-state index contributed by atoms with van der Waals surface area (Å²) in [6, 6.07) is 13.3. The van der Waals surface area contributed by atoms with Crippen molar-refractivity contribution in [2.24, 2.45) is 0 Å². The molecule has 112 valence electrons. The summed E-state index contributed by atoms with van der Waals surface area (Å²) >= 11 is 0. The number of hydrogen-bond donors (Lipinski definition) is 2. The van der Waals surface area contributed by atoms with E-state index in [1.807, 2.05) is 56.3 Å². The van der Waals surface area contributed by atoms with Crippen LogP contribution in [0.25, 0.3) is 0 Å². The van der Waals surface area contributed by atoms with Crippen LogP contribution in [0.15, 0.2) is 42.5 Å². The third-order valence-corrected chi connectivity index (χ3v) is 4.01. The Hall–Kier alpha value is -2.62. The summed E-state index contributed by atoms with van der Waals surface area (Å²) in [7, 11) is 0. The number of carbonyl (C=O) groups is 2. The molecule has 4 nitrogen and oxygen atoms in total. The second kappa shape index (κ2) is 4.98. The topological polar surface area (TPSA) is 58.2 Å². The first kappa shape index (κ1) is 14.3. The van der Waals surface area contributed by atoms with Gasteiger partial charge in [0.1, 0.15) is 0 Å². The highest BCUT2D eigenvalue weighted by Gasteiger charge is 2.50. The number of anilines is 1. The molecule has 0 saturated carbocycles. The molecular weight excluding hydrogens is 276 g/mol. The third kappa shape index (κ3) is 1.99. The van der Waals surface area contributed by atoms with E-state index >= 15 is 0 Å². The first-order chi connectivity index (χ1) is 10.4. The number of hydrogen-bond acceptors (Lipinski definition) is 2. The van der Waals surface area contributed by atoms with E-state index in [4.69, 9.17) is 0 Å². The Bertz CT molecular complexity index is 768. The quantitative estimate of drug-likeness (QED) is 0.894. The molecule has 1 aliphatic heterocycles. The Morgan fingerprint density at radius 3 is 2.45 bits per heavy atom. The summed E-state index contributed by atoms with van der Waals surface area (Å²) in [4.78, 5) is 24.6. The molecular formula is C18H18N2O2. The molecule has 1 aliphatic rings. The summed E-state index contributed by atoms with van der Waals surface area (Å²) in [5.41, 5.74) is 3.23. The molecule has 22 heavy (non-hydrogen) atoms. The Labute approximate surface area is 129 Å². The van der Waals surface area contributed by atoms with Crippen LogP contribution in [0, 0.1) is 13.8 Å². The van der Waals surface area contributed by atoms with Crippen LogP contribution < -0.4 is 10.6 Å². The maximum atomic E-state index is 12.8. The summed E-state index contributed by atoms with van der Waals surface area (Å²) in [6.07, 6.45) is 0. The largest absolute Gasteiger partial charge is 0.335 e. The van der Waals surface area contributed by atoms with Gasteiger partial charge in [-0.05, 0) is 36.6 Å². The molecule has 2 aromatic rings. The van der Waals surface area contributed by atoms with Crippen molar-refractivity contribution in [3.63, 3.8) is 0 Å². The highest BCUT2D eigenvalue weighted by Crippen LogP contribution is 2.43. The number of nitrogens with one attached hydrogen (secondary N) is 2. The summed E-state index contributed by atoms with van der Waals surface area (Å²) in [5.74, 6) is -0.468. The lowest BCUT2D eigenvalue weighted by Crippen LogP contribution is -2.51. The summed E-state index contributed by atoms with van der Waals surface area (Å²) < 4.78 is 0. The fourth-order valence-corrected chi connectivity index (χ4v) is 3.31. The lowest BCUT2D eigenvalue weighted by atomic mass is 9.81. The van der Waals surface area contributed by atoms with Gasteiger partial charge in [0.2, 0.25) is 5.91 Å². The van der Waals surface area contributed by atoms with E-state index in [1.165, 1.54) is 6.92 Å². The Balaban J connectivity index is 2.33. The van der Waals surface area contributed by atoms with E-state index < -0.39 is 5.54 Å². The monoisotopic (exact) mass is 294 g/mol. The van der Waals surface area contributed by atoms with Gasteiger partial charge in [-0.1, -0.05) is 36.4 Å². The predicted molar refractivity (Wildman–Crippen MR) is 85.6 cm³/mol. The molecule has 0 aromatic heterocycles. The molecule has 2 aromatic carbocycles. The van der Waals surface area contributed by atoms with Crippen molar-refractivity contribution in [2.45, 2.75) is 26.3 Å². The van der Waals surface area contributed by atoms with Crippen molar-refractivity contribution in [1.29, 1.82) is 0 Å². The van der Waals surface area contributed by atoms with Crippen molar-refractivity contribution in [1.82, 2.24) is 5.32 Å². The minimum absolute atomic E-state index is 0.224. The second-order valence-electron chi connectivity index (χ2n) is 5.76. The molecule has 0 bridgehead atoms. The molecule has 3 rings (SSSR count). The highest BCUT2D eigenvalue weighted by molar-refractivity contribution is 6.10. The zero-order chi connectivity index (χ0) is 15.9. The van der Waals surface area contributed by atoms with Crippen LogP contribution in [-0.2, 0) is 15.1 Å². The number of rotatable bonds is 2. The van der Waals surface area contributed by atoms with E-state index in [-0.39, 0.29) is 11.8 Å². The van der Waals surface area contributed by atoms with Gasteiger partial charge in [-0.25, -0.2) is 0 Å². The van der Waals surface area contributed by atoms with E-state index in [2.05, 4.69) is 10.6 Å². The van der Waals surface area contributed by atoms with Crippen LogP contribution in [0.3, 0.4) is 0 Å². The zero-order valence-electron chi connectivity index (χ0n) is 12.9. The highest BCUT2D eigenvalue weighted by atomic mass is 16.2. The smallest absolute Gasteiger partial charge is 0.259 e. The van der Waals surface area contributed by atoms with Gasteiger partial charge < -0.3 is 10.6 Å². The first-order valence-corrected chi connectivity index (χ1v) is 7.22. The van der Waals surface area contributed by atoms with Gasteiger partial charge in [0.05, 0.1) is 0 Å². The SMILES string of the molecule is CC(=O)NC1(c2ccccc2)C(=O)Nc2cc(C)cc(C)c21. The van der Waals surface area contributed by atoms with E-state index in [9.17, 15) is 9.59 Å². The fourth-order valence-electron chi connectivity index (χ4n) is 3.31. The molecule has 0 saturated heterocycles. The number of amides is 2. The molecule has 1 unspecified atom stereocenters. The van der Waals surface area contributed by atoms with Gasteiger partial charge in [0.15, 0.2) is 5.54 Å². The van der Waals surface area contributed by atoms with Gasteiger partial charge in [-0.3, -0.25) is 9.59 Å². The number of benzene rings is 2. The number of aryl methyl sites for hydroxylation is 2. The van der Waals surface area contributed by atoms with Crippen molar-refractivity contribution in [3.05, 3.63) is 64.7 Å². The van der Waals surface area contributed by atoms with Crippen LogP contribution in [0.4, 0.5) is 5.69 Å². The average Bonchev–Trinajstić information content (AvgIpc) is 2.72. The average molecular weight is 294 g/mol.